The van der Waals surface area contributed by atoms with E-state index in [-0.39, 0.29) is 12.1 Å². The van der Waals surface area contributed by atoms with Crippen LogP contribution in [0.25, 0.3) is 5.57 Å². The third-order valence-electron chi connectivity index (χ3n) is 4.08. The van der Waals surface area contributed by atoms with Gasteiger partial charge in [0.25, 0.3) is 0 Å². The number of aromatic nitrogens is 1. The molecule has 128 valence electrons. The van der Waals surface area contributed by atoms with E-state index < -0.39 is 5.60 Å². The fourth-order valence-electron chi connectivity index (χ4n) is 3.03. The molecule has 0 N–H and O–H groups in total. The van der Waals surface area contributed by atoms with Crippen LogP contribution in [-0.2, 0) is 4.74 Å². The highest BCUT2D eigenvalue weighted by molar-refractivity contribution is 9.10. The zero-order chi connectivity index (χ0) is 17.3. The second-order valence-electron chi connectivity index (χ2n) is 7.14. The van der Waals surface area contributed by atoms with Gasteiger partial charge in [-0.25, -0.2) is 4.79 Å². The molecule has 1 atom stereocenters. The van der Waals surface area contributed by atoms with E-state index in [0.29, 0.717) is 0 Å². The summed E-state index contributed by atoms with van der Waals surface area (Å²) in [6.07, 6.45) is 6.07. The van der Waals surface area contributed by atoms with Crippen molar-refractivity contribution in [2.75, 3.05) is 6.54 Å². The molecular formula is C18H22BrN3O2. The standard InChI is InChI=1S/C18H22BrN3O2/c1-18(2,3)24-17(23)22-8-4-5-16(22)15-9-12(10-20-15)14-7-6-13(19)11-21-14/h6-7,10-11,16H,4-5,8-9H2,1-3H3/t16-/m0/s1. The Hall–Kier alpha value is -1.69. The molecule has 24 heavy (non-hydrogen) atoms. The minimum atomic E-state index is -0.480. The average Bonchev–Trinajstić information content (AvgIpc) is 3.15. The Morgan fingerprint density at radius 2 is 2.17 bits per heavy atom. The molecule has 0 unspecified atom stereocenters. The fourth-order valence-corrected chi connectivity index (χ4v) is 3.26. The van der Waals surface area contributed by atoms with Crippen LogP contribution in [0.4, 0.5) is 4.79 Å². The Balaban J connectivity index is 1.67. The Morgan fingerprint density at radius 1 is 1.38 bits per heavy atom. The van der Waals surface area contributed by atoms with Gasteiger partial charge in [-0.2, -0.15) is 0 Å². The number of hydrogen-bond acceptors (Lipinski definition) is 4. The first kappa shape index (κ1) is 17.1. The van der Waals surface area contributed by atoms with Crippen LogP contribution >= 0.6 is 15.9 Å². The third-order valence-corrected chi connectivity index (χ3v) is 4.55. The molecule has 0 aromatic carbocycles. The molecule has 2 aliphatic rings. The number of amides is 1. The highest BCUT2D eigenvalue weighted by Crippen LogP contribution is 2.30. The molecular weight excluding hydrogens is 370 g/mol. The summed E-state index contributed by atoms with van der Waals surface area (Å²) in [6, 6.07) is 3.99. The van der Waals surface area contributed by atoms with E-state index in [4.69, 9.17) is 4.74 Å². The minimum absolute atomic E-state index is 0.0315. The molecule has 3 rings (SSSR count). The zero-order valence-electron chi connectivity index (χ0n) is 14.3. The lowest BCUT2D eigenvalue weighted by Crippen LogP contribution is -2.43. The number of ether oxygens (including phenoxy) is 1. The summed E-state index contributed by atoms with van der Waals surface area (Å²) in [4.78, 5) is 23.3. The van der Waals surface area contributed by atoms with Crippen molar-refractivity contribution >= 4 is 33.3 Å². The summed E-state index contributed by atoms with van der Waals surface area (Å²) >= 11 is 3.40. The van der Waals surface area contributed by atoms with E-state index in [1.54, 1.807) is 6.20 Å². The van der Waals surface area contributed by atoms with Crippen LogP contribution in [0.15, 0.2) is 34.0 Å². The van der Waals surface area contributed by atoms with Crippen LogP contribution in [0.3, 0.4) is 0 Å². The normalized spacial score (nSPS) is 20.8. The average molecular weight is 392 g/mol. The monoisotopic (exact) mass is 391 g/mol. The second-order valence-corrected chi connectivity index (χ2v) is 8.06. The molecule has 6 heteroatoms. The van der Waals surface area contributed by atoms with Crippen LogP contribution in [-0.4, -0.2) is 39.9 Å². The highest BCUT2D eigenvalue weighted by atomic mass is 79.9. The molecule has 5 nitrogen and oxygen atoms in total. The molecule has 0 bridgehead atoms. The van der Waals surface area contributed by atoms with Gasteiger partial charge in [-0.15, -0.1) is 0 Å². The van der Waals surface area contributed by atoms with Crippen LogP contribution in [0.1, 0.15) is 45.7 Å². The first-order valence-corrected chi connectivity index (χ1v) is 9.00. The van der Waals surface area contributed by atoms with Gasteiger partial charge in [0.05, 0.1) is 11.7 Å². The van der Waals surface area contributed by atoms with E-state index >= 15 is 0 Å². The van der Waals surface area contributed by atoms with Gasteiger partial charge < -0.3 is 4.74 Å². The molecule has 1 saturated heterocycles. The lowest BCUT2D eigenvalue weighted by Gasteiger charge is -2.28. The number of rotatable bonds is 2. The lowest BCUT2D eigenvalue weighted by molar-refractivity contribution is 0.0265. The summed E-state index contributed by atoms with van der Waals surface area (Å²) in [7, 11) is 0. The van der Waals surface area contributed by atoms with E-state index in [1.165, 1.54) is 0 Å². The molecule has 1 aromatic heterocycles. The lowest BCUT2D eigenvalue weighted by atomic mass is 10.0. The maximum Gasteiger partial charge on any atom is 0.410 e. The van der Waals surface area contributed by atoms with Gasteiger partial charge in [0.1, 0.15) is 5.60 Å². The van der Waals surface area contributed by atoms with Crippen molar-refractivity contribution in [3.05, 3.63) is 34.7 Å². The molecule has 0 spiro atoms. The summed E-state index contributed by atoms with van der Waals surface area (Å²) in [6.45, 7) is 6.40. The van der Waals surface area contributed by atoms with Crippen LogP contribution < -0.4 is 0 Å². The van der Waals surface area contributed by atoms with Gasteiger partial charge in [-0.1, -0.05) is 0 Å². The van der Waals surface area contributed by atoms with Crippen molar-refractivity contribution in [1.82, 2.24) is 9.88 Å². The predicted octanol–water partition coefficient (Wildman–Crippen LogP) is 4.43. The number of nitrogens with zero attached hydrogens (tertiary/aromatic N) is 3. The van der Waals surface area contributed by atoms with Crippen LogP contribution in [0.2, 0.25) is 0 Å². The van der Waals surface area contributed by atoms with Gasteiger partial charge in [-0.05, 0) is 61.7 Å². The number of aliphatic imine (C=N–C) groups is 1. The number of likely N-dealkylation sites (tertiary alicyclic amines) is 1. The van der Waals surface area contributed by atoms with Gasteiger partial charge in [0, 0.05) is 41.1 Å². The number of carbonyl (C=O) groups excluding carboxylic acids is 1. The maximum absolute atomic E-state index is 12.4. The molecule has 3 heterocycles. The quantitative estimate of drug-likeness (QED) is 0.748. The van der Waals surface area contributed by atoms with Gasteiger partial charge >= 0.3 is 6.09 Å². The Bertz CT molecular complexity index is 689. The SMILES string of the molecule is CC(C)(C)OC(=O)N1CCC[C@H]1C1=NC=C(c2ccc(Br)cn2)C1. The fraction of sp³-hybridized carbons (Fsp3) is 0.500. The first-order chi connectivity index (χ1) is 11.3. The molecule has 2 aliphatic heterocycles. The van der Waals surface area contributed by atoms with Crippen molar-refractivity contribution in [3.63, 3.8) is 0 Å². The van der Waals surface area contributed by atoms with Crippen molar-refractivity contribution in [1.29, 1.82) is 0 Å². The smallest absolute Gasteiger partial charge is 0.410 e. The molecule has 1 fully saturated rings. The van der Waals surface area contributed by atoms with Gasteiger partial charge in [-0.3, -0.25) is 14.9 Å². The molecule has 1 amide bonds. The molecule has 0 saturated carbocycles. The van der Waals surface area contributed by atoms with Gasteiger partial charge in [0.15, 0.2) is 0 Å². The largest absolute Gasteiger partial charge is 0.444 e. The summed E-state index contributed by atoms with van der Waals surface area (Å²) in [5.41, 5.74) is 2.57. The van der Waals surface area contributed by atoms with Crippen LogP contribution in [0.5, 0.6) is 0 Å². The third kappa shape index (κ3) is 3.86. The van der Waals surface area contributed by atoms with Crippen molar-refractivity contribution in [3.8, 4) is 0 Å². The summed E-state index contributed by atoms with van der Waals surface area (Å²) in [5, 5.41) is 0. The van der Waals surface area contributed by atoms with Crippen molar-refractivity contribution < 1.29 is 9.53 Å². The zero-order valence-corrected chi connectivity index (χ0v) is 15.8. The second kappa shape index (κ2) is 6.67. The molecule has 0 radical (unpaired) electrons. The van der Waals surface area contributed by atoms with E-state index in [9.17, 15) is 4.79 Å². The van der Waals surface area contributed by atoms with Gasteiger partial charge in [0.2, 0.25) is 0 Å². The maximum atomic E-state index is 12.4. The van der Waals surface area contributed by atoms with Crippen molar-refractivity contribution in [2.45, 2.75) is 51.7 Å². The predicted molar refractivity (Wildman–Crippen MR) is 97.9 cm³/mol. The molecule has 0 aliphatic carbocycles. The number of allylic oxidation sites excluding steroid dienone is 1. The number of pyridine rings is 1. The number of carbonyl (C=O) groups is 1. The number of halogens is 1. The van der Waals surface area contributed by atoms with E-state index in [0.717, 1.165) is 47.3 Å². The summed E-state index contributed by atoms with van der Waals surface area (Å²) < 4.78 is 6.49. The Kier molecular flexibility index (Phi) is 4.76. The minimum Gasteiger partial charge on any atom is -0.444 e. The van der Waals surface area contributed by atoms with E-state index in [2.05, 4.69) is 25.9 Å². The first-order valence-electron chi connectivity index (χ1n) is 8.21. The van der Waals surface area contributed by atoms with E-state index in [1.807, 2.05) is 44.0 Å². The molecule has 1 aromatic rings. The Morgan fingerprint density at radius 3 is 2.83 bits per heavy atom. The topological polar surface area (TPSA) is 54.8 Å². The highest BCUT2D eigenvalue weighted by Gasteiger charge is 2.36. The van der Waals surface area contributed by atoms with Crippen molar-refractivity contribution in [2.24, 2.45) is 4.99 Å². The Labute approximate surface area is 150 Å². The number of hydrogen-bond donors (Lipinski definition) is 0. The van der Waals surface area contributed by atoms with Crippen LogP contribution in [0, 0.1) is 0 Å². The summed E-state index contributed by atoms with van der Waals surface area (Å²) in [5.74, 6) is 0.